The van der Waals surface area contributed by atoms with Gasteiger partial charge in [-0.2, -0.15) is 0 Å². The summed E-state index contributed by atoms with van der Waals surface area (Å²) < 4.78 is 12.3. The summed E-state index contributed by atoms with van der Waals surface area (Å²) in [6, 6.07) is 0. The zero-order chi connectivity index (χ0) is 12.1. The van der Waals surface area contributed by atoms with Crippen LogP contribution < -0.4 is 7.06 Å². The van der Waals surface area contributed by atoms with Crippen LogP contribution in [0, 0.1) is 11.8 Å². The van der Waals surface area contributed by atoms with Crippen LogP contribution in [0.1, 0.15) is 33.1 Å². The molecule has 2 saturated heterocycles. The molecule has 3 saturated carbocycles. The third-order valence-corrected chi connectivity index (χ3v) is 12.2. The van der Waals surface area contributed by atoms with E-state index in [0.29, 0.717) is 11.8 Å². The van der Waals surface area contributed by atoms with Crippen molar-refractivity contribution in [2.45, 2.75) is 45.8 Å². The molecule has 0 amide bonds. The zero-order valence-corrected chi connectivity index (χ0v) is 14.2. The zero-order valence-electron chi connectivity index (χ0n) is 9.85. The Labute approximate surface area is 122 Å². The van der Waals surface area contributed by atoms with E-state index in [2.05, 4.69) is 36.6 Å². The fraction of sp³-hybridized carbons (Fsp3) is 0.909. The molecular formula is C11H16I2N2O2. The second kappa shape index (κ2) is 3.12. The van der Waals surface area contributed by atoms with Gasteiger partial charge in [-0.25, -0.2) is 0 Å². The van der Waals surface area contributed by atoms with Gasteiger partial charge in [-0.3, -0.25) is 0 Å². The summed E-state index contributed by atoms with van der Waals surface area (Å²) >= 11 is 1.18. The van der Waals surface area contributed by atoms with Crippen molar-refractivity contribution < 1.29 is 9.53 Å². The number of carbonyl (C=O) groups is 1. The van der Waals surface area contributed by atoms with Gasteiger partial charge < -0.3 is 0 Å². The van der Waals surface area contributed by atoms with Gasteiger partial charge in [-0.1, -0.05) is 0 Å². The number of ether oxygens (including phenoxy) is 1. The van der Waals surface area contributed by atoms with Crippen LogP contribution in [0.5, 0.6) is 0 Å². The molecule has 2 heterocycles. The first-order valence-corrected chi connectivity index (χ1v) is 10.4. The van der Waals surface area contributed by atoms with Crippen molar-refractivity contribution in [2.75, 3.05) is 0 Å². The van der Waals surface area contributed by atoms with Crippen LogP contribution >= 0.6 is 43.0 Å². The third kappa shape index (κ3) is 1.28. The molecule has 3 aliphatic carbocycles. The molecule has 96 valence electrons. The quantitative estimate of drug-likeness (QED) is 0.169. The van der Waals surface area contributed by atoms with Crippen LogP contribution in [0.15, 0.2) is 0 Å². The van der Waals surface area contributed by atoms with E-state index in [1.807, 2.05) is 6.92 Å². The predicted molar refractivity (Wildman–Crippen MR) is 80.8 cm³/mol. The Balaban J connectivity index is 1.51. The Morgan fingerprint density at radius 2 is 2.00 bits per heavy atom. The van der Waals surface area contributed by atoms with Crippen molar-refractivity contribution >= 4 is 48.9 Å². The number of rotatable bonds is 3. The standard InChI is InChI=1S/C11H16I2N2O2/c1-9(6-3-4-7(9)5-6)17-8(16)10(2,12)11-13(14-11)15-11/h6-7,14-15H,3-5H2,1-2H3. The molecule has 2 bridgehead atoms. The first kappa shape index (κ1) is 11.7. The van der Waals surface area contributed by atoms with Gasteiger partial charge in [0.2, 0.25) is 0 Å². The second-order valence-corrected chi connectivity index (χ2v) is 12.4. The van der Waals surface area contributed by atoms with E-state index in [1.165, 1.54) is 19.3 Å². The summed E-state index contributed by atoms with van der Waals surface area (Å²) in [4.78, 5) is 12.4. The van der Waals surface area contributed by atoms with Gasteiger partial charge in [0.15, 0.2) is 0 Å². The van der Waals surface area contributed by atoms with E-state index < -0.39 is 23.8 Å². The molecule has 3 unspecified atom stereocenters. The van der Waals surface area contributed by atoms with E-state index in [4.69, 9.17) is 4.74 Å². The van der Waals surface area contributed by atoms with Crippen molar-refractivity contribution in [1.82, 2.24) is 7.06 Å². The molecule has 3 atom stereocenters. The van der Waals surface area contributed by atoms with Crippen LogP contribution in [-0.4, -0.2) is 18.7 Å². The number of hydrogen-bond acceptors (Lipinski definition) is 4. The van der Waals surface area contributed by atoms with Crippen molar-refractivity contribution in [3.05, 3.63) is 0 Å². The number of carbonyl (C=O) groups excluding carboxylic acids is 1. The van der Waals surface area contributed by atoms with E-state index in [9.17, 15) is 4.79 Å². The SMILES string of the molecule is CC1(OC(=O)C(C)(I)C23NI2N3)C2CCC1C2. The number of esters is 1. The van der Waals surface area contributed by atoms with Crippen molar-refractivity contribution in [2.24, 2.45) is 11.8 Å². The van der Waals surface area contributed by atoms with Crippen LogP contribution in [0.2, 0.25) is 0 Å². The van der Waals surface area contributed by atoms with Crippen molar-refractivity contribution in [3.63, 3.8) is 0 Å². The summed E-state index contributed by atoms with van der Waals surface area (Å²) in [6.45, 7) is 4.14. The van der Waals surface area contributed by atoms with E-state index in [1.54, 1.807) is 0 Å². The number of fused-ring (bicyclic) bond motifs is 2. The average molecular weight is 462 g/mol. The summed E-state index contributed by atoms with van der Waals surface area (Å²) in [5.74, 6) is 1.22. The Morgan fingerprint density at radius 1 is 1.47 bits per heavy atom. The molecule has 2 N–H and O–H groups in total. The van der Waals surface area contributed by atoms with Gasteiger partial charge in [0.1, 0.15) is 0 Å². The van der Waals surface area contributed by atoms with Crippen LogP contribution in [-0.2, 0) is 9.53 Å². The molecule has 0 aromatic rings. The fourth-order valence-electron chi connectivity index (χ4n) is 3.38. The maximum absolute atomic E-state index is 12.4. The predicted octanol–water partition coefficient (Wildman–Crippen LogP) is 2.11. The maximum atomic E-state index is 12.4. The Hall–Kier alpha value is 0.850. The minimum absolute atomic E-state index is 0.00623. The van der Waals surface area contributed by atoms with Gasteiger partial charge in [0.25, 0.3) is 0 Å². The fourth-order valence-corrected chi connectivity index (χ4v) is 11.1. The molecule has 17 heavy (non-hydrogen) atoms. The molecular weight excluding hydrogens is 446 g/mol. The van der Waals surface area contributed by atoms with E-state index >= 15 is 0 Å². The first-order chi connectivity index (χ1) is 7.90. The molecule has 0 spiro atoms. The Kier molecular flexibility index (Phi) is 2.14. The van der Waals surface area contributed by atoms with Gasteiger partial charge in [-0.05, 0) is 0 Å². The van der Waals surface area contributed by atoms with Crippen LogP contribution in [0.3, 0.4) is 0 Å². The average Bonchev–Trinajstić information content (AvgIpc) is 3.00. The topological polar surface area (TPSA) is 70.2 Å². The first-order valence-electron chi connectivity index (χ1n) is 6.08. The third-order valence-electron chi connectivity index (χ3n) is 5.06. The molecule has 4 nitrogen and oxygen atoms in total. The van der Waals surface area contributed by atoms with Crippen molar-refractivity contribution in [1.29, 1.82) is 0 Å². The number of alkyl halides is 2. The van der Waals surface area contributed by atoms with E-state index in [-0.39, 0.29) is 15.2 Å². The molecule has 0 radical (unpaired) electrons. The Bertz CT molecular complexity index is 406. The Morgan fingerprint density at radius 3 is 2.41 bits per heavy atom. The minimum atomic E-state index is -1.08. The molecule has 5 aliphatic rings. The van der Waals surface area contributed by atoms with Crippen LogP contribution in [0.4, 0.5) is 0 Å². The van der Waals surface area contributed by atoms with E-state index in [0.717, 1.165) is 0 Å². The second-order valence-electron chi connectivity index (χ2n) is 5.91. The van der Waals surface area contributed by atoms with Gasteiger partial charge >= 0.3 is 123 Å². The van der Waals surface area contributed by atoms with Crippen molar-refractivity contribution in [3.8, 4) is 0 Å². The number of hydrogen-bond donors (Lipinski definition) is 2. The molecule has 5 fully saturated rings. The molecule has 5 rings (SSSR count). The monoisotopic (exact) mass is 462 g/mol. The molecule has 6 heteroatoms. The number of halogens is 2. The summed E-state index contributed by atoms with van der Waals surface area (Å²) in [5, 5.41) is 0. The summed E-state index contributed by atoms with van der Waals surface area (Å²) in [7, 11) is 0. The number of nitrogens with one attached hydrogen (secondary N) is 2. The molecule has 0 aromatic heterocycles. The van der Waals surface area contributed by atoms with Gasteiger partial charge in [-0.15, -0.1) is 0 Å². The van der Waals surface area contributed by atoms with Gasteiger partial charge in [0.05, 0.1) is 0 Å². The molecule has 2 aliphatic heterocycles. The van der Waals surface area contributed by atoms with Crippen LogP contribution in [0.25, 0.3) is 0 Å². The molecule has 0 aromatic carbocycles. The summed E-state index contributed by atoms with van der Waals surface area (Å²) in [6.07, 6.45) is 3.75. The normalized spacial score (nSPS) is 48.8. The summed E-state index contributed by atoms with van der Waals surface area (Å²) in [5.41, 5.74) is -0.150. The van der Waals surface area contributed by atoms with Gasteiger partial charge in [0, 0.05) is 0 Å².